The summed E-state index contributed by atoms with van der Waals surface area (Å²) in [6.07, 6.45) is 6.33. The predicted octanol–water partition coefficient (Wildman–Crippen LogP) is 2.19. The lowest BCUT2D eigenvalue weighted by molar-refractivity contribution is -0.147. The van der Waals surface area contributed by atoms with Gasteiger partial charge in [-0.2, -0.15) is 0 Å². The average molecular weight is 329 g/mol. The van der Waals surface area contributed by atoms with Gasteiger partial charge in [0.25, 0.3) is 5.92 Å². The molecule has 4 nitrogen and oxygen atoms in total. The maximum atomic E-state index is 14.8. The van der Waals surface area contributed by atoms with E-state index in [0.29, 0.717) is 38.6 Å². The molecule has 3 rings (SSSR count). The second kappa shape index (κ2) is 7.01. The van der Waals surface area contributed by atoms with Gasteiger partial charge in [0.15, 0.2) is 0 Å². The molecule has 2 aliphatic heterocycles. The molecule has 2 heterocycles. The SMILES string of the molecule is CC(=O)N1CCN(C2CCN(C3CCCCC3)CC2(F)F)CC1. The monoisotopic (exact) mass is 329 g/mol. The van der Waals surface area contributed by atoms with Crippen LogP contribution in [0.15, 0.2) is 0 Å². The van der Waals surface area contributed by atoms with Crippen LogP contribution in [-0.4, -0.2) is 77.9 Å². The predicted molar refractivity (Wildman–Crippen MR) is 85.6 cm³/mol. The zero-order chi connectivity index (χ0) is 16.4. The Labute approximate surface area is 137 Å². The van der Waals surface area contributed by atoms with Crippen LogP contribution in [0.2, 0.25) is 0 Å². The van der Waals surface area contributed by atoms with E-state index in [1.807, 2.05) is 9.80 Å². The number of halogens is 2. The molecule has 23 heavy (non-hydrogen) atoms. The number of rotatable bonds is 2. The minimum absolute atomic E-state index is 0.0449. The van der Waals surface area contributed by atoms with Crippen LogP contribution < -0.4 is 0 Å². The molecule has 0 spiro atoms. The summed E-state index contributed by atoms with van der Waals surface area (Å²) in [6.45, 7) is 4.55. The summed E-state index contributed by atoms with van der Waals surface area (Å²) >= 11 is 0. The molecule has 0 bridgehead atoms. The van der Waals surface area contributed by atoms with Crippen molar-refractivity contribution in [1.29, 1.82) is 0 Å². The largest absolute Gasteiger partial charge is 0.340 e. The summed E-state index contributed by atoms with van der Waals surface area (Å²) in [5.74, 6) is -2.60. The minimum Gasteiger partial charge on any atom is -0.340 e. The zero-order valence-electron chi connectivity index (χ0n) is 14.1. The summed E-state index contributed by atoms with van der Waals surface area (Å²) in [7, 11) is 0. The number of piperazine rings is 1. The van der Waals surface area contributed by atoms with Crippen LogP contribution in [0.25, 0.3) is 0 Å². The Morgan fingerprint density at radius 3 is 2.13 bits per heavy atom. The minimum atomic E-state index is -2.64. The quantitative estimate of drug-likeness (QED) is 0.777. The number of carbonyl (C=O) groups is 1. The first kappa shape index (κ1) is 17.1. The lowest BCUT2D eigenvalue weighted by Gasteiger charge is -2.48. The van der Waals surface area contributed by atoms with Crippen LogP contribution in [0, 0.1) is 0 Å². The van der Waals surface area contributed by atoms with Crippen LogP contribution in [0.4, 0.5) is 8.78 Å². The molecule has 0 aromatic heterocycles. The van der Waals surface area contributed by atoms with Crippen LogP contribution in [-0.2, 0) is 4.79 Å². The highest BCUT2D eigenvalue weighted by molar-refractivity contribution is 5.73. The fraction of sp³-hybridized carbons (Fsp3) is 0.941. The summed E-state index contributed by atoms with van der Waals surface area (Å²) in [6, 6.07) is -0.290. The van der Waals surface area contributed by atoms with Gasteiger partial charge < -0.3 is 4.90 Å². The van der Waals surface area contributed by atoms with Gasteiger partial charge >= 0.3 is 0 Å². The fourth-order valence-corrected chi connectivity index (χ4v) is 4.51. The van der Waals surface area contributed by atoms with Crippen molar-refractivity contribution < 1.29 is 13.6 Å². The number of alkyl halides is 2. The van der Waals surface area contributed by atoms with Crippen molar-refractivity contribution in [2.75, 3.05) is 39.3 Å². The van der Waals surface area contributed by atoms with Gasteiger partial charge in [0, 0.05) is 45.7 Å². The number of carbonyl (C=O) groups excluding carboxylic acids is 1. The second-order valence-corrected chi connectivity index (χ2v) is 7.37. The number of amides is 1. The highest BCUT2D eigenvalue weighted by Crippen LogP contribution is 2.35. The standard InChI is InChI=1S/C17H29F2N3O/c1-14(23)20-9-11-21(12-10-20)16-7-8-22(13-17(16,18)19)15-5-3-2-4-6-15/h15-16H,2-13H2,1H3. The van der Waals surface area contributed by atoms with Crippen molar-refractivity contribution in [3.8, 4) is 0 Å². The van der Waals surface area contributed by atoms with Gasteiger partial charge in [-0.15, -0.1) is 0 Å². The molecule has 1 amide bonds. The third-order valence-corrected chi connectivity index (χ3v) is 5.88. The van der Waals surface area contributed by atoms with Gasteiger partial charge in [0.2, 0.25) is 5.91 Å². The topological polar surface area (TPSA) is 26.8 Å². The third kappa shape index (κ3) is 3.85. The number of hydrogen-bond donors (Lipinski definition) is 0. The van der Waals surface area contributed by atoms with Crippen molar-refractivity contribution in [2.45, 2.75) is 63.5 Å². The molecule has 3 aliphatic rings. The van der Waals surface area contributed by atoms with Crippen molar-refractivity contribution in [3.05, 3.63) is 0 Å². The van der Waals surface area contributed by atoms with Gasteiger partial charge in [-0.1, -0.05) is 19.3 Å². The zero-order valence-corrected chi connectivity index (χ0v) is 14.1. The summed E-state index contributed by atoms with van der Waals surface area (Å²) < 4.78 is 29.5. The maximum Gasteiger partial charge on any atom is 0.275 e. The first-order valence-electron chi connectivity index (χ1n) is 9.09. The molecule has 132 valence electrons. The lowest BCUT2D eigenvalue weighted by atomic mass is 9.90. The highest BCUT2D eigenvalue weighted by Gasteiger charge is 2.49. The molecule has 1 unspecified atom stereocenters. The Morgan fingerprint density at radius 2 is 1.57 bits per heavy atom. The molecular formula is C17H29F2N3O. The van der Waals surface area contributed by atoms with Crippen LogP contribution in [0.5, 0.6) is 0 Å². The van der Waals surface area contributed by atoms with Crippen molar-refractivity contribution in [3.63, 3.8) is 0 Å². The maximum absolute atomic E-state index is 14.8. The first-order valence-corrected chi connectivity index (χ1v) is 9.09. The molecule has 0 N–H and O–H groups in total. The smallest absolute Gasteiger partial charge is 0.275 e. The van der Waals surface area contributed by atoms with Crippen LogP contribution in [0.3, 0.4) is 0 Å². The molecule has 1 atom stereocenters. The molecule has 3 fully saturated rings. The van der Waals surface area contributed by atoms with Crippen LogP contribution >= 0.6 is 0 Å². The molecule has 6 heteroatoms. The number of likely N-dealkylation sites (tertiary alicyclic amines) is 1. The van der Waals surface area contributed by atoms with Gasteiger partial charge in [0.1, 0.15) is 0 Å². The second-order valence-electron chi connectivity index (χ2n) is 7.37. The molecule has 0 aromatic carbocycles. The summed E-state index contributed by atoms with van der Waals surface area (Å²) in [5, 5.41) is 0. The Hall–Kier alpha value is -0.750. The molecular weight excluding hydrogens is 300 g/mol. The van der Waals surface area contributed by atoms with E-state index in [4.69, 9.17) is 0 Å². The Kier molecular flexibility index (Phi) is 5.21. The number of nitrogens with zero attached hydrogens (tertiary/aromatic N) is 3. The molecule has 0 radical (unpaired) electrons. The van der Waals surface area contributed by atoms with Gasteiger partial charge in [0.05, 0.1) is 12.6 Å². The Balaban J connectivity index is 1.57. The Bertz CT molecular complexity index is 418. The Morgan fingerprint density at radius 1 is 0.913 bits per heavy atom. The molecule has 1 aliphatic carbocycles. The average Bonchev–Trinajstić information content (AvgIpc) is 2.55. The molecule has 2 saturated heterocycles. The normalized spacial score (nSPS) is 31.3. The molecule has 0 aromatic rings. The summed E-state index contributed by atoms with van der Waals surface area (Å²) in [5.41, 5.74) is 0. The van der Waals surface area contributed by atoms with Crippen LogP contribution in [0.1, 0.15) is 45.4 Å². The van der Waals surface area contributed by atoms with E-state index < -0.39 is 12.0 Å². The van der Waals surface area contributed by atoms with Gasteiger partial charge in [-0.05, 0) is 19.3 Å². The van der Waals surface area contributed by atoms with Crippen molar-refractivity contribution in [2.24, 2.45) is 0 Å². The number of piperidine rings is 1. The van der Waals surface area contributed by atoms with E-state index in [1.54, 1.807) is 11.8 Å². The lowest BCUT2D eigenvalue weighted by Crippen LogP contribution is -2.63. The van der Waals surface area contributed by atoms with E-state index >= 15 is 0 Å². The van der Waals surface area contributed by atoms with Crippen molar-refractivity contribution in [1.82, 2.24) is 14.7 Å². The van der Waals surface area contributed by atoms with E-state index in [-0.39, 0.29) is 12.5 Å². The summed E-state index contributed by atoms with van der Waals surface area (Å²) in [4.78, 5) is 17.1. The third-order valence-electron chi connectivity index (χ3n) is 5.88. The van der Waals surface area contributed by atoms with E-state index in [0.717, 1.165) is 19.4 Å². The molecule has 1 saturated carbocycles. The van der Waals surface area contributed by atoms with Gasteiger partial charge in [-0.3, -0.25) is 14.6 Å². The number of hydrogen-bond acceptors (Lipinski definition) is 3. The van der Waals surface area contributed by atoms with Crippen molar-refractivity contribution >= 4 is 5.91 Å². The highest BCUT2D eigenvalue weighted by atomic mass is 19.3. The van der Waals surface area contributed by atoms with E-state index in [1.165, 1.54) is 19.3 Å². The van der Waals surface area contributed by atoms with E-state index in [2.05, 4.69) is 0 Å². The first-order chi connectivity index (χ1) is 11.0. The fourth-order valence-electron chi connectivity index (χ4n) is 4.51. The van der Waals surface area contributed by atoms with Gasteiger partial charge in [-0.25, -0.2) is 8.78 Å². The van der Waals surface area contributed by atoms with E-state index in [9.17, 15) is 13.6 Å².